The zero-order valence-electron chi connectivity index (χ0n) is 10.4. The van der Waals surface area contributed by atoms with Gasteiger partial charge in [-0.15, -0.1) is 12.4 Å². The number of amides is 1. The Hall–Kier alpha value is -2.67. The van der Waals surface area contributed by atoms with Gasteiger partial charge in [-0.1, -0.05) is 0 Å². The van der Waals surface area contributed by atoms with E-state index in [-0.39, 0.29) is 24.3 Å². The van der Waals surface area contributed by atoms with E-state index < -0.39 is 0 Å². The van der Waals surface area contributed by atoms with Crippen LogP contribution in [0.25, 0.3) is 0 Å². The first-order chi connectivity index (χ1) is 9.15. The number of nitrogens with zero attached hydrogens (tertiary/aromatic N) is 3. The summed E-state index contributed by atoms with van der Waals surface area (Å²) in [6, 6.07) is 6.53. The maximum Gasteiger partial charge on any atom is 0.256 e. The Morgan fingerprint density at radius 2 is 1.85 bits per heavy atom. The number of nitrogens with one attached hydrogen (secondary N) is 1. The van der Waals surface area contributed by atoms with Crippen LogP contribution in [0.4, 0.5) is 11.5 Å². The first-order valence-corrected chi connectivity index (χ1v) is 5.42. The molecule has 104 valence electrons. The summed E-state index contributed by atoms with van der Waals surface area (Å²) in [5, 5.41) is 2.62. The molecule has 1 aromatic heterocycles. The van der Waals surface area contributed by atoms with Crippen molar-refractivity contribution in [3.63, 3.8) is 0 Å². The van der Waals surface area contributed by atoms with E-state index in [0.717, 1.165) is 0 Å². The highest BCUT2D eigenvalue weighted by Gasteiger charge is 2.06. The molecule has 0 saturated carbocycles. The third kappa shape index (κ3) is 4.21. The van der Waals surface area contributed by atoms with Gasteiger partial charge in [-0.3, -0.25) is 9.78 Å². The van der Waals surface area contributed by atoms with Crippen molar-refractivity contribution in [3.8, 4) is 0 Å². The number of carbonyl (C=O) groups is 1. The highest BCUT2D eigenvalue weighted by molar-refractivity contribution is 6.03. The van der Waals surface area contributed by atoms with Crippen LogP contribution in [-0.2, 0) is 0 Å². The monoisotopic (exact) mass is 292 g/mol. The highest BCUT2D eigenvalue weighted by atomic mass is 35.5. The predicted molar refractivity (Wildman–Crippen MR) is 79.1 cm³/mol. The van der Waals surface area contributed by atoms with Gasteiger partial charge in [0.15, 0.2) is 11.8 Å². The number of nitrogens with two attached hydrogens (primary N) is 2. The van der Waals surface area contributed by atoms with Crippen molar-refractivity contribution in [1.29, 1.82) is 0 Å². The lowest BCUT2D eigenvalue weighted by Gasteiger charge is -2.03. The Labute approximate surface area is 121 Å². The molecule has 8 heteroatoms. The lowest BCUT2D eigenvalue weighted by molar-refractivity contribution is 0.102. The fraction of sp³-hybridized carbons (Fsp3) is 0. The fourth-order valence-electron chi connectivity index (χ4n) is 1.39. The summed E-state index contributed by atoms with van der Waals surface area (Å²) in [6.45, 7) is 0. The number of carbonyl (C=O) groups excluding carboxylic acids is 1. The van der Waals surface area contributed by atoms with E-state index in [2.05, 4.69) is 20.3 Å². The molecule has 0 unspecified atom stereocenters. The molecular weight excluding hydrogens is 280 g/mol. The molecule has 0 aliphatic heterocycles. The molecule has 1 amide bonds. The van der Waals surface area contributed by atoms with Gasteiger partial charge in [-0.05, 0) is 24.3 Å². The Balaban J connectivity index is 0.00000200. The molecule has 0 spiro atoms. The molecule has 0 atom stereocenters. The summed E-state index contributed by atoms with van der Waals surface area (Å²) < 4.78 is 0. The molecule has 5 N–H and O–H groups in total. The van der Waals surface area contributed by atoms with Crippen molar-refractivity contribution in [3.05, 3.63) is 48.4 Å². The van der Waals surface area contributed by atoms with Crippen molar-refractivity contribution >= 4 is 35.8 Å². The maximum atomic E-state index is 11.9. The maximum absolute atomic E-state index is 11.9. The molecule has 0 fully saturated rings. The summed E-state index contributed by atoms with van der Waals surface area (Å²) in [7, 11) is 0. The number of benzene rings is 1. The van der Waals surface area contributed by atoms with E-state index in [1.54, 1.807) is 24.3 Å². The normalized spacial score (nSPS) is 9.20. The molecule has 7 nitrogen and oxygen atoms in total. The Morgan fingerprint density at radius 1 is 1.15 bits per heavy atom. The van der Waals surface area contributed by atoms with Gasteiger partial charge in [0.25, 0.3) is 5.91 Å². The first kappa shape index (κ1) is 15.4. The SMILES string of the molecule is Cl.NC(N)=Nc1ccc(C(=O)Nc2cnccn2)cc1. The van der Waals surface area contributed by atoms with Crippen molar-refractivity contribution in [1.82, 2.24) is 9.97 Å². The average Bonchev–Trinajstić information content (AvgIpc) is 2.40. The van der Waals surface area contributed by atoms with Crippen molar-refractivity contribution < 1.29 is 4.79 Å². The molecule has 1 heterocycles. The molecule has 0 aliphatic rings. The molecule has 2 rings (SSSR count). The molecule has 1 aromatic carbocycles. The molecule has 0 bridgehead atoms. The first-order valence-electron chi connectivity index (χ1n) is 5.42. The van der Waals surface area contributed by atoms with E-state index in [9.17, 15) is 4.79 Å². The number of aromatic nitrogens is 2. The number of hydrogen-bond acceptors (Lipinski definition) is 4. The zero-order valence-corrected chi connectivity index (χ0v) is 11.2. The Morgan fingerprint density at radius 3 is 2.40 bits per heavy atom. The second-order valence-corrected chi connectivity index (χ2v) is 3.63. The zero-order chi connectivity index (χ0) is 13.7. The summed E-state index contributed by atoms with van der Waals surface area (Å²) in [5.41, 5.74) is 11.6. The Kier molecular flexibility index (Phi) is 5.42. The number of halogens is 1. The van der Waals surface area contributed by atoms with E-state index in [4.69, 9.17) is 11.5 Å². The van der Waals surface area contributed by atoms with Crippen LogP contribution in [0.2, 0.25) is 0 Å². The molecule has 0 saturated heterocycles. The fourth-order valence-corrected chi connectivity index (χ4v) is 1.39. The number of rotatable bonds is 3. The number of guanidine groups is 1. The van der Waals surface area contributed by atoms with Crippen LogP contribution in [0.5, 0.6) is 0 Å². The smallest absolute Gasteiger partial charge is 0.256 e. The van der Waals surface area contributed by atoms with Gasteiger partial charge in [0, 0.05) is 18.0 Å². The largest absolute Gasteiger partial charge is 0.370 e. The summed E-state index contributed by atoms with van der Waals surface area (Å²) >= 11 is 0. The predicted octanol–water partition coefficient (Wildman–Crippen LogP) is 1.06. The van der Waals surface area contributed by atoms with Gasteiger partial charge >= 0.3 is 0 Å². The quantitative estimate of drug-likeness (QED) is 0.577. The molecular formula is C12H13ClN6O. The van der Waals surface area contributed by atoms with Crippen LogP contribution in [0.3, 0.4) is 0 Å². The summed E-state index contributed by atoms with van der Waals surface area (Å²) in [4.78, 5) is 23.6. The van der Waals surface area contributed by atoms with Crippen molar-refractivity contribution in [2.24, 2.45) is 16.5 Å². The van der Waals surface area contributed by atoms with Crippen molar-refractivity contribution in [2.45, 2.75) is 0 Å². The van der Waals surface area contributed by atoms with Crippen LogP contribution in [0, 0.1) is 0 Å². The second kappa shape index (κ2) is 7.05. The molecule has 2 aromatic rings. The second-order valence-electron chi connectivity index (χ2n) is 3.63. The van der Waals surface area contributed by atoms with Crippen LogP contribution < -0.4 is 16.8 Å². The lowest BCUT2D eigenvalue weighted by Crippen LogP contribution is -2.21. The van der Waals surface area contributed by atoms with E-state index in [1.165, 1.54) is 18.6 Å². The standard InChI is InChI=1S/C12H12N6O.ClH/c13-12(14)17-9-3-1-8(2-4-9)11(19)18-10-7-15-5-6-16-10;/h1-7H,(H4,13,14,17)(H,16,18,19);1H. The van der Waals surface area contributed by atoms with E-state index in [1.807, 2.05) is 0 Å². The van der Waals surface area contributed by atoms with Gasteiger partial charge in [0.05, 0.1) is 11.9 Å². The third-order valence-corrected chi connectivity index (χ3v) is 2.19. The van der Waals surface area contributed by atoms with Gasteiger partial charge < -0.3 is 16.8 Å². The molecule has 0 aliphatic carbocycles. The highest BCUT2D eigenvalue weighted by Crippen LogP contribution is 2.13. The van der Waals surface area contributed by atoms with E-state index in [0.29, 0.717) is 17.1 Å². The summed E-state index contributed by atoms with van der Waals surface area (Å²) in [5.74, 6) is 0.0781. The minimum Gasteiger partial charge on any atom is -0.370 e. The molecule has 20 heavy (non-hydrogen) atoms. The minimum absolute atomic E-state index is 0. The van der Waals surface area contributed by atoms with Gasteiger partial charge in [0.2, 0.25) is 0 Å². The van der Waals surface area contributed by atoms with Gasteiger partial charge in [0.1, 0.15) is 0 Å². The van der Waals surface area contributed by atoms with Crippen LogP contribution in [0.1, 0.15) is 10.4 Å². The van der Waals surface area contributed by atoms with E-state index >= 15 is 0 Å². The average molecular weight is 293 g/mol. The number of anilines is 1. The third-order valence-electron chi connectivity index (χ3n) is 2.19. The molecule has 0 radical (unpaired) electrons. The minimum atomic E-state index is -0.281. The lowest BCUT2D eigenvalue weighted by atomic mass is 10.2. The number of hydrogen-bond donors (Lipinski definition) is 3. The summed E-state index contributed by atoms with van der Waals surface area (Å²) in [6.07, 6.45) is 4.49. The topological polar surface area (TPSA) is 119 Å². The Bertz CT molecular complexity index is 595. The van der Waals surface area contributed by atoms with Crippen LogP contribution in [-0.4, -0.2) is 21.8 Å². The van der Waals surface area contributed by atoms with Gasteiger partial charge in [-0.2, -0.15) is 0 Å². The van der Waals surface area contributed by atoms with Gasteiger partial charge in [-0.25, -0.2) is 9.98 Å². The van der Waals surface area contributed by atoms with Crippen LogP contribution in [0.15, 0.2) is 47.8 Å². The van der Waals surface area contributed by atoms with Crippen LogP contribution >= 0.6 is 12.4 Å². The van der Waals surface area contributed by atoms with Crippen molar-refractivity contribution in [2.75, 3.05) is 5.32 Å². The number of aliphatic imine (C=N–C) groups is 1.